The van der Waals surface area contributed by atoms with Crippen LogP contribution in [0.15, 0.2) is 24.3 Å². The molecule has 0 aliphatic rings. The highest BCUT2D eigenvalue weighted by atomic mass is 35.5. The van der Waals surface area contributed by atoms with Crippen molar-refractivity contribution in [3.63, 3.8) is 0 Å². The van der Waals surface area contributed by atoms with E-state index in [0.717, 1.165) is 18.7 Å². The van der Waals surface area contributed by atoms with E-state index in [4.69, 9.17) is 27.9 Å². The summed E-state index contributed by atoms with van der Waals surface area (Å²) in [6.45, 7) is 3.35. The van der Waals surface area contributed by atoms with Crippen molar-refractivity contribution >= 4 is 40.7 Å². The number of ether oxygens (including phenoxy) is 1. The van der Waals surface area contributed by atoms with Gasteiger partial charge >= 0.3 is 0 Å². The van der Waals surface area contributed by atoms with Crippen LogP contribution in [0.4, 0.5) is 17.5 Å². The van der Waals surface area contributed by atoms with Crippen LogP contribution >= 0.6 is 23.2 Å². The van der Waals surface area contributed by atoms with Gasteiger partial charge in [-0.2, -0.15) is 4.98 Å². The van der Waals surface area contributed by atoms with Crippen LogP contribution < -0.4 is 10.6 Å². The summed E-state index contributed by atoms with van der Waals surface area (Å²) in [5.41, 5.74) is 1.56. The first-order valence-electron chi connectivity index (χ1n) is 6.89. The van der Waals surface area contributed by atoms with Crippen molar-refractivity contribution in [3.05, 3.63) is 40.0 Å². The Labute approximate surface area is 140 Å². The molecule has 1 heterocycles. The highest BCUT2D eigenvalue weighted by Crippen LogP contribution is 2.28. The summed E-state index contributed by atoms with van der Waals surface area (Å²) in [4.78, 5) is 8.77. The molecule has 0 bridgehead atoms. The van der Waals surface area contributed by atoms with Gasteiger partial charge in [0.2, 0.25) is 5.95 Å². The summed E-state index contributed by atoms with van der Waals surface area (Å²) in [6, 6.07) is 7.08. The third kappa shape index (κ3) is 5.02. The van der Waals surface area contributed by atoms with E-state index in [-0.39, 0.29) is 0 Å². The molecule has 0 fully saturated rings. The van der Waals surface area contributed by atoms with Gasteiger partial charge in [0, 0.05) is 37.0 Å². The lowest BCUT2D eigenvalue weighted by atomic mass is 10.3. The topological polar surface area (TPSA) is 59.1 Å². The maximum Gasteiger partial charge on any atom is 0.224 e. The summed E-state index contributed by atoms with van der Waals surface area (Å²) in [5, 5.41) is 7.52. The molecule has 0 radical (unpaired) electrons. The molecule has 1 aromatic heterocycles. The van der Waals surface area contributed by atoms with Crippen LogP contribution in [0, 0.1) is 6.92 Å². The minimum Gasteiger partial charge on any atom is -0.385 e. The molecule has 0 saturated heterocycles. The van der Waals surface area contributed by atoms with Gasteiger partial charge in [-0.05, 0) is 31.5 Å². The molecule has 1 aromatic carbocycles. The summed E-state index contributed by atoms with van der Waals surface area (Å²) < 4.78 is 5.01. The minimum absolute atomic E-state index is 0.566. The Kier molecular flexibility index (Phi) is 6.24. The summed E-state index contributed by atoms with van der Waals surface area (Å²) in [6.07, 6.45) is 0.886. The van der Waals surface area contributed by atoms with Crippen LogP contribution in [0.2, 0.25) is 10.0 Å². The first kappa shape index (κ1) is 16.8. The molecule has 0 unspecified atom stereocenters. The zero-order chi connectivity index (χ0) is 15.9. The molecular formula is C15H18Cl2N4O. The third-order valence-corrected chi connectivity index (χ3v) is 3.42. The number of aryl methyl sites for hydroxylation is 1. The average Bonchev–Trinajstić information content (AvgIpc) is 2.47. The molecule has 5 nitrogen and oxygen atoms in total. The zero-order valence-corrected chi connectivity index (χ0v) is 14.0. The summed E-state index contributed by atoms with van der Waals surface area (Å²) in [5.74, 6) is 1.22. The van der Waals surface area contributed by atoms with E-state index in [2.05, 4.69) is 20.6 Å². The smallest absolute Gasteiger partial charge is 0.224 e. The van der Waals surface area contributed by atoms with E-state index in [1.165, 1.54) is 0 Å². The van der Waals surface area contributed by atoms with Crippen molar-refractivity contribution in [1.29, 1.82) is 0 Å². The number of nitrogens with zero attached hydrogens (tertiary/aromatic N) is 2. The zero-order valence-electron chi connectivity index (χ0n) is 12.5. The molecule has 0 atom stereocenters. The number of nitrogens with one attached hydrogen (secondary N) is 2. The average molecular weight is 341 g/mol. The number of benzene rings is 1. The van der Waals surface area contributed by atoms with E-state index < -0.39 is 0 Å². The molecular weight excluding hydrogens is 323 g/mol. The van der Waals surface area contributed by atoms with Crippen molar-refractivity contribution in [1.82, 2.24) is 9.97 Å². The van der Waals surface area contributed by atoms with Crippen LogP contribution in [0.25, 0.3) is 0 Å². The van der Waals surface area contributed by atoms with E-state index in [9.17, 15) is 0 Å². The molecule has 0 saturated carbocycles. The fraction of sp³-hybridized carbons (Fsp3) is 0.333. The second-order valence-corrected chi connectivity index (χ2v) is 5.58. The van der Waals surface area contributed by atoms with Crippen LogP contribution in [-0.4, -0.2) is 30.2 Å². The van der Waals surface area contributed by atoms with E-state index in [1.807, 2.05) is 13.0 Å². The van der Waals surface area contributed by atoms with Gasteiger partial charge in [-0.15, -0.1) is 0 Å². The van der Waals surface area contributed by atoms with Crippen molar-refractivity contribution in [2.45, 2.75) is 13.3 Å². The Morgan fingerprint density at radius 2 is 2.00 bits per heavy atom. The SMILES string of the molecule is COCCCNc1nc(C)cc(Nc2cc(Cl)ccc2Cl)n1. The van der Waals surface area contributed by atoms with Gasteiger partial charge in [-0.3, -0.25) is 0 Å². The molecule has 2 aromatic rings. The standard InChI is InChI=1S/C15H18Cl2N4O/c1-10-8-14(20-13-9-11(16)4-5-12(13)17)21-15(19-10)18-6-3-7-22-2/h4-5,8-9H,3,6-7H2,1-2H3,(H2,18,19,20,21). The van der Waals surface area contributed by atoms with Crippen LogP contribution in [-0.2, 0) is 4.74 Å². The van der Waals surface area contributed by atoms with Crippen molar-refractivity contribution in [3.8, 4) is 0 Å². The Balaban J connectivity index is 2.10. The Bertz CT molecular complexity index is 637. The molecule has 0 spiro atoms. The summed E-state index contributed by atoms with van der Waals surface area (Å²) >= 11 is 12.1. The first-order chi connectivity index (χ1) is 10.6. The Hall–Kier alpha value is -1.56. The summed E-state index contributed by atoms with van der Waals surface area (Å²) in [7, 11) is 1.68. The number of aromatic nitrogens is 2. The molecule has 118 valence electrons. The third-order valence-electron chi connectivity index (χ3n) is 2.85. The van der Waals surface area contributed by atoms with Crippen molar-refractivity contribution in [2.24, 2.45) is 0 Å². The Morgan fingerprint density at radius 1 is 1.18 bits per heavy atom. The van der Waals surface area contributed by atoms with Crippen LogP contribution in [0.1, 0.15) is 12.1 Å². The second kappa shape index (κ2) is 8.17. The maximum atomic E-state index is 6.15. The molecule has 2 N–H and O–H groups in total. The molecule has 0 amide bonds. The van der Waals surface area contributed by atoms with E-state index >= 15 is 0 Å². The molecule has 0 aliphatic carbocycles. The van der Waals surface area contributed by atoms with E-state index in [1.54, 1.807) is 25.3 Å². The predicted octanol–water partition coefficient (Wildman–Crippen LogP) is 4.28. The lowest BCUT2D eigenvalue weighted by Crippen LogP contribution is -2.09. The van der Waals surface area contributed by atoms with Gasteiger partial charge in [0.05, 0.1) is 10.7 Å². The van der Waals surface area contributed by atoms with Gasteiger partial charge < -0.3 is 15.4 Å². The lowest BCUT2D eigenvalue weighted by molar-refractivity contribution is 0.197. The largest absolute Gasteiger partial charge is 0.385 e. The minimum atomic E-state index is 0.566. The number of rotatable bonds is 7. The lowest BCUT2D eigenvalue weighted by Gasteiger charge is -2.11. The van der Waals surface area contributed by atoms with Gasteiger partial charge in [0.25, 0.3) is 0 Å². The molecule has 22 heavy (non-hydrogen) atoms. The number of methoxy groups -OCH3 is 1. The fourth-order valence-corrected chi connectivity index (χ4v) is 2.20. The first-order valence-corrected chi connectivity index (χ1v) is 7.64. The highest BCUT2D eigenvalue weighted by molar-refractivity contribution is 6.35. The normalized spacial score (nSPS) is 10.5. The van der Waals surface area contributed by atoms with Crippen LogP contribution in [0.5, 0.6) is 0 Å². The maximum absolute atomic E-state index is 6.15. The number of anilines is 3. The quantitative estimate of drug-likeness (QED) is 0.736. The predicted molar refractivity (Wildman–Crippen MR) is 91.5 cm³/mol. The molecule has 0 aliphatic heterocycles. The highest BCUT2D eigenvalue weighted by Gasteiger charge is 2.06. The number of hydrogen-bond acceptors (Lipinski definition) is 5. The monoisotopic (exact) mass is 340 g/mol. The fourth-order valence-electron chi connectivity index (χ4n) is 1.86. The number of halogens is 2. The second-order valence-electron chi connectivity index (χ2n) is 4.74. The van der Waals surface area contributed by atoms with Crippen molar-refractivity contribution in [2.75, 3.05) is 30.9 Å². The Morgan fingerprint density at radius 3 is 2.77 bits per heavy atom. The van der Waals surface area contributed by atoms with Gasteiger partial charge in [-0.1, -0.05) is 23.2 Å². The van der Waals surface area contributed by atoms with Gasteiger partial charge in [0.1, 0.15) is 5.82 Å². The molecule has 2 rings (SSSR count). The molecule has 7 heteroatoms. The van der Waals surface area contributed by atoms with Gasteiger partial charge in [0.15, 0.2) is 0 Å². The van der Waals surface area contributed by atoms with Crippen LogP contribution in [0.3, 0.4) is 0 Å². The number of hydrogen-bond donors (Lipinski definition) is 2. The van der Waals surface area contributed by atoms with E-state index in [0.29, 0.717) is 34.1 Å². The van der Waals surface area contributed by atoms with Gasteiger partial charge in [-0.25, -0.2) is 4.98 Å². The van der Waals surface area contributed by atoms with Crippen molar-refractivity contribution < 1.29 is 4.74 Å².